The number of hydrogen-bond acceptors (Lipinski definition) is 2. The zero-order valence-electron chi connectivity index (χ0n) is 10.6. The van der Waals surface area contributed by atoms with Crippen LogP contribution in [0, 0.1) is 5.82 Å². The Bertz CT molecular complexity index is 534. The van der Waals surface area contributed by atoms with Gasteiger partial charge < -0.3 is 5.11 Å². The minimum Gasteiger partial charge on any atom is -0.389 e. The fourth-order valence-electron chi connectivity index (χ4n) is 2.06. The summed E-state index contributed by atoms with van der Waals surface area (Å²) in [5, 5.41) is 14.6. The maximum absolute atomic E-state index is 13.5. The Balaban J connectivity index is 2.10. The van der Waals surface area contributed by atoms with Gasteiger partial charge in [0, 0.05) is 26.1 Å². The van der Waals surface area contributed by atoms with Crippen molar-refractivity contribution in [1.82, 2.24) is 9.78 Å². The number of benzene rings is 1. The van der Waals surface area contributed by atoms with Crippen LogP contribution in [0.25, 0.3) is 0 Å². The summed E-state index contributed by atoms with van der Waals surface area (Å²) >= 11 is 0. The molecule has 0 bridgehead atoms. The van der Waals surface area contributed by atoms with Gasteiger partial charge >= 0.3 is 0 Å². The third-order valence-corrected chi connectivity index (χ3v) is 2.86. The molecule has 0 spiro atoms. The third-order valence-electron chi connectivity index (χ3n) is 2.86. The summed E-state index contributed by atoms with van der Waals surface area (Å²) in [5.41, 5.74) is 0.327. The van der Waals surface area contributed by atoms with E-state index in [-0.39, 0.29) is 12.2 Å². The molecule has 0 aliphatic rings. The number of nitrogens with zero attached hydrogens (tertiary/aromatic N) is 2. The van der Waals surface area contributed by atoms with E-state index in [0.29, 0.717) is 12.0 Å². The molecule has 1 aromatic carbocycles. The molecular weight excluding hydrogens is 231 g/mol. The van der Waals surface area contributed by atoms with E-state index in [0.717, 1.165) is 5.69 Å². The topological polar surface area (TPSA) is 38.0 Å². The van der Waals surface area contributed by atoms with Crippen molar-refractivity contribution in [2.75, 3.05) is 0 Å². The Morgan fingerprint density at radius 1 is 1.28 bits per heavy atom. The zero-order valence-corrected chi connectivity index (χ0v) is 10.6. The van der Waals surface area contributed by atoms with Gasteiger partial charge in [-0.05, 0) is 24.6 Å². The van der Waals surface area contributed by atoms with E-state index in [4.69, 9.17) is 0 Å². The summed E-state index contributed by atoms with van der Waals surface area (Å²) in [6, 6.07) is 8.38. The van der Waals surface area contributed by atoms with E-state index in [1.165, 1.54) is 6.07 Å². The summed E-state index contributed by atoms with van der Waals surface area (Å²) in [6.45, 7) is 1.70. The van der Waals surface area contributed by atoms with Crippen molar-refractivity contribution in [3.05, 3.63) is 53.6 Å². The number of rotatable bonds is 4. The number of aliphatic hydroxyl groups is 1. The predicted molar refractivity (Wildman–Crippen MR) is 67.6 cm³/mol. The second kappa shape index (κ2) is 4.90. The standard InChI is InChI=1S/C14H17FN2O/c1-14(18,10-12-7-8-17(2)16-12)9-11-5-3-4-6-13(11)15/h3-8,18H,9-10H2,1-2H3. The van der Waals surface area contributed by atoms with Crippen molar-refractivity contribution in [3.63, 3.8) is 0 Å². The summed E-state index contributed by atoms with van der Waals surface area (Å²) in [7, 11) is 1.83. The van der Waals surface area contributed by atoms with Crippen LogP contribution in [-0.2, 0) is 19.9 Å². The molecule has 0 fully saturated rings. The largest absolute Gasteiger partial charge is 0.389 e. The Labute approximate surface area is 106 Å². The van der Waals surface area contributed by atoms with Gasteiger partial charge in [0.05, 0.1) is 11.3 Å². The lowest BCUT2D eigenvalue weighted by molar-refractivity contribution is 0.0588. The molecule has 3 nitrogen and oxygen atoms in total. The molecule has 18 heavy (non-hydrogen) atoms. The van der Waals surface area contributed by atoms with Gasteiger partial charge in [-0.15, -0.1) is 0 Å². The fraction of sp³-hybridized carbons (Fsp3) is 0.357. The number of aromatic nitrogens is 2. The fourth-order valence-corrected chi connectivity index (χ4v) is 2.06. The number of halogens is 1. The van der Waals surface area contributed by atoms with Crippen LogP contribution in [0.1, 0.15) is 18.2 Å². The molecule has 1 aromatic heterocycles. The average molecular weight is 248 g/mol. The van der Waals surface area contributed by atoms with Gasteiger partial charge in [0.25, 0.3) is 0 Å². The zero-order chi connectivity index (χ0) is 13.2. The van der Waals surface area contributed by atoms with Crippen LogP contribution < -0.4 is 0 Å². The van der Waals surface area contributed by atoms with Crippen molar-refractivity contribution in [1.29, 1.82) is 0 Å². The van der Waals surface area contributed by atoms with Crippen LogP contribution >= 0.6 is 0 Å². The van der Waals surface area contributed by atoms with E-state index in [9.17, 15) is 9.50 Å². The Morgan fingerprint density at radius 2 is 2.00 bits per heavy atom. The van der Waals surface area contributed by atoms with Gasteiger partial charge in [-0.1, -0.05) is 18.2 Å². The van der Waals surface area contributed by atoms with Gasteiger partial charge in [0.2, 0.25) is 0 Å². The second-order valence-electron chi connectivity index (χ2n) is 4.92. The molecule has 0 saturated heterocycles. The van der Waals surface area contributed by atoms with Gasteiger partial charge in [-0.3, -0.25) is 4.68 Å². The smallest absolute Gasteiger partial charge is 0.126 e. The summed E-state index contributed by atoms with van der Waals surface area (Å²) in [4.78, 5) is 0. The van der Waals surface area contributed by atoms with E-state index >= 15 is 0 Å². The van der Waals surface area contributed by atoms with Crippen molar-refractivity contribution >= 4 is 0 Å². The first-order valence-electron chi connectivity index (χ1n) is 5.91. The van der Waals surface area contributed by atoms with Crippen molar-refractivity contribution in [2.24, 2.45) is 7.05 Å². The van der Waals surface area contributed by atoms with Gasteiger partial charge in [-0.25, -0.2) is 4.39 Å². The molecule has 0 aliphatic carbocycles. The molecule has 1 unspecified atom stereocenters. The van der Waals surface area contributed by atoms with Crippen LogP contribution in [-0.4, -0.2) is 20.5 Å². The third kappa shape index (κ3) is 3.17. The van der Waals surface area contributed by atoms with Crippen LogP contribution in [0.2, 0.25) is 0 Å². The molecule has 0 radical (unpaired) electrons. The second-order valence-corrected chi connectivity index (χ2v) is 4.92. The van der Waals surface area contributed by atoms with Crippen LogP contribution in [0.5, 0.6) is 0 Å². The molecule has 4 heteroatoms. The molecule has 96 valence electrons. The SMILES string of the molecule is Cn1ccc(CC(C)(O)Cc2ccccc2F)n1. The van der Waals surface area contributed by atoms with Gasteiger partial charge in [0.1, 0.15) is 5.82 Å². The Kier molecular flexibility index (Phi) is 3.48. The highest BCUT2D eigenvalue weighted by molar-refractivity contribution is 5.20. The maximum Gasteiger partial charge on any atom is 0.126 e. The highest BCUT2D eigenvalue weighted by Crippen LogP contribution is 2.19. The van der Waals surface area contributed by atoms with Crippen molar-refractivity contribution in [2.45, 2.75) is 25.4 Å². The van der Waals surface area contributed by atoms with Crippen molar-refractivity contribution in [3.8, 4) is 0 Å². The summed E-state index contributed by atoms with van der Waals surface area (Å²) in [6.07, 6.45) is 2.51. The maximum atomic E-state index is 13.5. The first kappa shape index (κ1) is 12.8. The minimum atomic E-state index is -1.00. The molecular formula is C14H17FN2O. The lowest BCUT2D eigenvalue weighted by Crippen LogP contribution is -2.30. The first-order valence-corrected chi connectivity index (χ1v) is 5.91. The van der Waals surface area contributed by atoms with E-state index in [1.54, 1.807) is 29.8 Å². The molecule has 0 amide bonds. The monoisotopic (exact) mass is 248 g/mol. The quantitative estimate of drug-likeness (QED) is 0.899. The number of aryl methyl sites for hydroxylation is 1. The molecule has 0 aliphatic heterocycles. The number of hydrogen-bond donors (Lipinski definition) is 1. The van der Waals surface area contributed by atoms with E-state index in [1.807, 2.05) is 19.3 Å². The van der Waals surface area contributed by atoms with Crippen LogP contribution in [0.15, 0.2) is 36.5 Å². The molecule has 1 N–H and O–H groups in total. The molecule has 0 saturated carbocycles. The van der Waals surface area contributed by atoms with Crippen LogP contribution in [0.3, 0.4) is 0 Å². The Morgan fingerprint density at radius 3 is 2.61 bits per heavy atom. The molecule has 2 aromatic rings. The van der Waals surface area contributed by atoms with Gasteiger partial charge in [0.15, 0.2) is 0 Å². The normalized spacial score (nSPS) is 14.4. The highest BCUT2D eigenvalue weighted by Gasteiger charge is 2.24. The van der Waals surface area contributed by atoms with E-state index in [2.05, 4.69) is 5.10 Å². The Hall–Kier alpha value is -1.68. The van der Waals surface area contributed by atoms with Gasteiger partial charge in [-0.2, -0.15) is 5.10 Å². The lowest BCUT2D eigenvalue weighted by atomic mass is 9.92. The van der Waals surface area contributed by atoms with E-state index < -0.39 is 5.60 Å². The molecule has 2 rings (SSSR count). The minimum absolute atomic E-state index is 0.274. The lowest BCUT2D eigenvalue weighted by Gasteiger charge is -2.22. The van der Waals surface area contributed by atoms with Crippen molar-refractivity contribution < 1.29 is 9.50 Å². The first-order chi connectivity index (χ1) is 8.46. The molecule has 1 heterocycles. The summed E-state index contributed by atoms with van der Waals surface area (Å²) in [5.74, 6) is -0.279. The summed E-state index contributed by atoms with van der Waals surface area (Å²) < 4.78 is 15.2. The molecule has 1 atom stereocenters. The highest BCUT2D eigenvalue weighted by atomic mass is 19.1. The average Bonchev–Trinajstić information content (AvgIpc) is 2.66. The van der Waals surface area contributed by atoms with Crippen LogP contribution in [0.4, 0.5) is 4.39 Å². The predicted octanol–water partition coefficient (Wildman–Crippen LogP) is 2.10.